The molecule has 0 saturated carbocycles. The van der Waals surface area contributed by atoms with Crippen molar-refractivity contribution in [1.82, 2.24) is 14.8 Å². The summed E-state index contributed by atoms with van der Waals surface area (Å²) >= 11 is 0. The predicted molar refractivity (Wildman–Crippen MR) is 90.0 cm³/mol. The van der Waals surface area contributed by atoms with E-state index in [1.807, 2.05) is 31.2 Å². The second-order valence-corrected chi connectivity index (χ2v) is 5.86. The molecule has 1 aromatic carbocycles. The van der Waals surface area contributed by atoms with Crippen LogP contribution < -0.4 is 4.74 Å². The molecule has 1 aromatic heterocycles. The fourth-order valence-corrected chi connectivity index (χ4v) is 2.73. The molecule has 1 saturated heterocycles. The summed E-state index contributed by atoms with van der Waals surface area (Å²) in [6, 6.07) is 11.2. The second-order valence-electron chi connectivity index (χ2n) is 5.86. The van der Waals surface area contributed by atoms with Gasteiger partial charge in [-0.25, -0.2) is 0 Å². The molecule has 1 aliphatic heterocycles. The zero-order valence-corrected chi connectivity index (χ0v) is 13.7. The fourth-order valence-electron chi connectivity index (χ4n) is 2.73. The first-order valence-corrected chi connectivity index (χ1v) is 8.03. The summed E-state index contributed by atoms with van der Waals surface area (Å²) in [6.45, 7) is 4.14. The van der Waals surface area contributed by atoms with Crippen molar-refractivity contribution >= 4 is 11.8 Å². The maximum Gasteiger partial charge on any atom is 0.270 e. The van der Waals surface area contributed by atoms with E-state index in [0.29, 0.717) is 37.6 Å². The third-order valence-electron chi connectivity index (χ3n) is 4.10. The van der Waals surface area contributed by atoms with Crippen molar-refractivity contribution in [2.75, 3.05) is 32.8 Å². The van der Waals surface area contributed by atoms with E-state index in [9.17, 15) is 9.59 Å². The van der Waals surface area contributed by atoms with Crippen molar-refractivity contribution in [2.45, 2.75) is 6.92 Å². The lowest BCUT2D eigenvalue weighted by Gasteiger charge is -2.34. The van der Waals surface area contributed by atoms with E-state index in [1.54, 1.807) is 28.1 Å². The van der Waals surface area contributed by atoms with Gasteiger partial charge in [-0.15, -0.1) is 0 Å². The number of nitrogens with zero attached hydrogens (tertiary/aromatic N) is 2. The molecule has 1 aliphatic rings. The number of carbonyl (C=O) groups excluding carboxylic acids is 2. The van der Waals surface area contributed by atoms with E-state index in [-0.39, 0.29) is 18.4 Å². The highest BCUT2D eigenvalue weighted by atomic mass is 16.5. The normalized spacial score (nSPS) is 14.5. The number of aromatic amines is 1. The maximum atomic E-state index is 12.3. The first-order valence-electron chi connectivity index (χ1n) is 8.03. The van der Waals surface area contributed by atoms with Gasteiger partial charge in [-0.05, 0) is 36.8 Å². The van der Waals surface area contributed by atoms with Crippen LogP contribution in [0.1, 0.15) is 16.1 Å². The van der Waals surface area contributed by atoms with Gasteiger partial charge in [0.05, 0.1) is 0 Å². The zero-order valence-electron chi connectivity index (χ0n) is 13.7. The van der Waals surface area contributed by atoms with E-state index in [0.717, 1.165) is 5.56 Å². The van der Waals surface area contributed by atoms with Gasteiger partial charge in [0.15, 0.2) is 6.61 Å². The van der Waals surface area contributed by atoms with Crippen LogP contribution in [0.3, 0.4) is 0 Å². The topological polar surface area (TPSA) is 65.6 Å². The number of H-pyrrole nitrogens is 1. The molecule has 6 nitrogen and oxygen atoms in total. The largest absolute Gasteiger partial charge is 0.484 e. The van der Waals surface area contributed by atoms with Crippen LogP contribution in [-0.2, 0) is 4.79 Å². The van der Waals surface area contributed by atoms with Gasteiger partial charge in [0.2, 0.25) is 0 Å². The van der Waals surface area contributed by atoms with Gasteiger partial charge in [-0.1, -0.05) is 12.1 Å². The molecule has 2 heterocycles. The number of nitrogens with one attached hydrogen (secondary N) is 1. The summed E-state index contributed by atoms with van der Waals surface area (Å²) in [7, 11) is 0. The molecular weight excluding hydrogens is 306 g/mol. The van der Waals surface area contributed by atoms with Crippen LogP contribution in [0.4, 0.5) is 0 Å². The molecule has 0 unspecified atom stereocenters. The minimum atomic E-state index is -0.0523. The summed E-state index contributed by atoms with van der Waals surface area (Å²) in [5.74, 6) is 0.621. The second kappa shape index (κ2) is 7.21. The Morgan fingerprint density at radius 1 is 1.08 bits per heavy atom. The third kappa shape index (κ3) is 3.76. The summed E-state index contributed by atoms with van der Waals surface area (Å²) in [5, 5.41) is 0. The van der Waals surface area contributed by atoms with Crippen molar-refractivity contribution in [2.24, 2.45) is 0 Å². The van der Waals surface area contributed by atoms with Crippen LogP contribution in [0, 0.1) is 6.92 Å². The monoisotopic (exact) mass is 327 g/mol. The van der Waals surface area contributed by atoms with Crippen molar-refractivity contribution in [1.29, 1.82) is 0 Å². The number of aryl methyl sites for hydroxylation is 1. The Bertz CT molecular complexity index is 704. The Morgan fingerprint density at radius 2 is 1.83 bits per heavy atom. The Balaban J connectivity index is 1.47. The van der Waals surface area contributed by atoms with Gasteiger partial charge in [0, 0.05) is 32.4 Å². The number of carbonyl (C=O) groups is 2. The number of rotatable bonds is 4. The van der Waals surface area contributed by atoms with E-state index < -0.39 is 0 Å². The van der Waals surface area contributed by atoms with Crippen molar-refractivity contribution in [3.63, 3.8) is 0 Å². The van der Waals surface area contributed by atoms with E-state index in [2.05, 4.69) is 4.98 Å². The molecule has 6 heteroatoms. The SMILES string of the molecule is Cc1cccc(OCC(=O)N2CCN(C(=O)c3ccc[nH]3)CC2)c1. The molecule has 126 valence electrons. The van der Waals surface area contributed by atoms with Crippen LogP contribution in [0.25, 0.3) is 0 Å². The quantitative estimate of drug-likeness (QED) is 0.929. The molecule has 0 aliphatic carbocycles. The Labute approximate surface area is 141 Å². The van der Waals surface area contributed by atoms with Gasteiger partial charge >= 0.3 is 0 Å². The van der Waals surface area contributed by atoms with E-state index in [1.165, 1.54) is 0 Å². The molecule has 1 N–H and O–H groups in total. The molecule has 3 rings (SSSR count). The highest BCUT2D eigenvalue weighted by Crippen LogP contribution is 2.13. The summed E-state index contributed by atoms with van der Waals surface area (Å²) in [4.78, 5) is 30.9. The van der Waals surface area contributed by atoms with Crippen molar-refractivity contribution in [3.05, 3.63) is 53.9 Å². The van der Waals surface area contributed by atoms with Gasteiger partial charge in [-0.2, -0.15) is 0 Å². The number of hydrogen-bond acceptors (Lipinski definition) is 3. The predicted octanol–water partition coefficient (Wildman–Crippen LogP) is 1.69. The van der Waals surface area contributed by atoms with Crippen LogP contribution >= 0.6 is 0 Å². The van der Waals surface area contributed by atoms with Crippen molar-refractivity contribution < 1.29 is 14.3 Å². The number of piperazine rings is 1. The van der Waals surface area contributed by atoms with Gasteiger partial charge in [-0.3, -0.25) is 9.59 Å². The number of hydrogen-bond donors (Lipinski definition) is 1. The van der Waals surface area contributed by atoms with Gasteiger partial charge in [0.1, 0.15) is 11.4 Å². The standard InChI is InChI=1S/C18H21N3O3/c1-14-4-2-5-15(12-14)24-13-17(22)20-8-10-21(11-9-20)18(23)16-6-3-7-19-16/h2-7,12,19H,8-11,13H2,1H3. The highest BCUT2D eigenvalue weighted by molar-refractivity contribution is 5.92. The Kier molecular flexibility index (Phi) is 4.84. The smallest absolute Gasteiger partial charge is 0.270 e. The maximum absolute atomic E-state index is 12.3. The Hall–Kier alpha value is -2.76. The number of benzene rings is 1. The Morgan fingerprint density at radius 3 is 2.50 bits per heavy atom. The fraction of sp³-hybridized carbons (Fsp3) is 0.333. The third-order valence-corrected chi connectivity index (χ3v) is 4.10. The number of ether oxygens (including phenoxy) is 1. The molecule has 0 atom stereocenters. The summed E-state index contributed by atoms with van der Waals surface area (Å²) < 4.78 is 5.56. The number of amides is 2. The zero-order chi connectivity index (χ0) is 16.9. The highest BCUT2D eigenvalue weighted by Gasteiger charge is 2.25. The molecular formula is C18H21N3O3. The molecule has 0 bridgehead atoms. The first kappa shape index (κ1) is 16.1. The average molecular weight is 327 g/mol. The lowest BCUT2D eigenvalue weighted by atomic mass is 10.2. The molecule has 2 amide bonds. The summed E-state index contributed by atoms with van der Waals surface area (Å²) in [6.07, 6.45) is 1.73. The molecule has 0 spiro atoms. The van der Waals surface area contributed by atoms with Crippen LogP contribution in [0.5, 0.6) is 5.75 Å². The average Bonchev–Trinajstić information content (AvgIpc) is 3.14. The minimum Gasteiger partial charge on any atom is -0.484 e. The molecule has 1 fully saturated rings. The van der Waals surface area contributed by atoms with E-state index in [4.69, 9.17) is 4.74 Å². The molecule has 0 radical (unpaired) electrons. The number of aromatic nitrogens is 1. The van der Waals surface area contributed by atoms with Crippen LogP contribution in [0.2, 0.25) is 0 Å². The first-order chi connectivity index (χ1) is 11.6. The lowest BCUT2D eigenvalue weighted by molar-refractivity contribution is -0.134. The van der Waals surface area contributed by atoms with E-state index >= 15 is 0 Å². The molecule has 2 aromatic rings. The lowest BCUT2D eigenvalue weighted by Crippen LogP contribution is -2.51. The molecule has 24 heavy (non-hydrogen) atoms. The van der Waals surface area contributed by atoms with Crippen LogP contribution in [-0.4, -0.2) is 59.4 Å². The van der Waals surface area contributed by atoms with Gasteiger partial charge < -0.3 is 19.5 Å². The van der Waals surface area contributed by atoms with Gasteiger partial charge in [0.25, 0.3) is 11.8 Å². The minimum absolute atomic E-state index is 0.0219. The summed E-state index contributed by atoms with van der Waals surface area (Å²) in [5.41, 5.74) is 1.67. The van der Waals surface area contributed by atoms with Crippen LogP contribution in [0.15, 0.2) is 42.6 Å². The van der Waals surface area contributed by atoms with Crippen molar-refractivity contribution in [3.8, 4) is 5.75 Å².